The maximum Gasteiger partial charge on any atom is 0.224 e. The third kappa shape index (κ3) is 4.56. The van der Waals surface area contributed by atoms with Crippen LogP contribution in [0.4, 0.5) is 17.6 Å². The second-order valence-corrected chi connectivity index (χ2v) is 8.02. The van der Waals surface area contributed by atoms with Crippen LogP contribution in [-0.2, 0) is 4.74 Å². The standard InChI is InChI=1S/C20H29N7O/c1-13(2)27-14(3)24-15-10-22-18(9-16(15)27)25-17-7-8-21-19(26-17)23-11-20(4,5)12-28-6/h7-10,13H,11-12H2,1-6H3,(H2,21,22,23,25,26). The molecule has 0 unspecified atom stereocenters. The first-order valence-corrected chi connectivity index (χ1v) is 9.46. The van der Waals surface area contributed by atoms with Crippen molar-refractivity contribution in [2.75, 3.05) is 30.9 Å². The van der Waals surface area contributed by atoms with E-state index < -0.39 is 0 Å². The summed E-state index contributed by atoms with van der Waals surface area (Å²) in [6, 6.07) is 4.15. The van der Waals surface area contributed by atoms with E-state index in [-0.39, 0.29) is 5.41 Å². The Balaban J connectivity index is 1.77. The molecule has 2 N–H and O–H groups in total. The van der Waals surface area contributed by atoms with Gasteiger partial charge < -0.3 is 19.9 Å². The maximum absolute atomic E-state index is 5.25. The van der Waals surface area contributed by atoms with Crippen LogP contribution in [0.15, 0.2) is 24.5 Å². The Morgan fingerprint density at radius 1 is 1.18 bits per heavy atom. The summed E-state index contributed by atoms with van der Waals surface area (Å²) in [6.07, 6.45) is 3.51. The molecule has 0 aliphatic carbocycles. The van der Waals surface area contributed by atoms with Crippen molar-refractivity contribution in [3.63, 3.8) is 0 Å². The number of imidazole rings is 1. The van der Waals surface area contributed by atoms with Gasteiger partial charge >= 0.3 is 0 Å². The quantitative estimate of drug-likeness (QED) is 0.609. The largest absolute Gasteiger partial charge is 0.384 e. The van der Waals surface area contributed by atoms with Gasteiger partial charge in [-0.1, -0.05) is 13.8 Å². The molecule has 28 heavy (non-hydrogen) atoms. The molecule has 3 aromatic rings. The Morgan fingerprint density at radius 2 is 1.96 bits per heavy atom. The summed E-state index contributed by atoms with van der Waals surface area (Å²) < 4.78 is 7.45. The van der Waals surface area contributed by atoms with Crippen molar-refractivity contribution in [3.05, 3.63) is 30.4 Å². The molecule has 0 aliphatic heterocycles. The van der Waals surface area contributed by atoms with E-state index in [0.717, 1.165) is 22.7 Å². The molecule has 0 atom stereocenters. The number of rotatable bonds is 8. The molecule has 0 bridgehead atoms. The number of nitrogens with one attached hydrogen (secondary N) is 2. The van der Waals surface area contributed by atoms with Gasteiger partial charge in [-0.05, 0) is 26.8 Å². The van der Waals surface area contributed by atoms with Crippen molar-refractivity contribution < 1.29 is 4.74 Å². The molecule has 0 spiro atoms. The monoisotopic (exact) mass is 383 g/mol. The van der Waals surface area contributed by atoms with Crippen LogP contribution < -0.4 is 10.6 Å². The van der Waals surface area contributed by atoms with Crippen molar-refractivity contribution in [2.45, 2.75) is 40.7 Å². The highest BCUT2D eigenvalue weighted by Crippen LogP contribution is 2.24. The summed E-state index contributed by atoms with van der Waals surface area (Å²) in [5.74, 6) is 2.95. The van der Waals surface area contributed by atoms with Gasteiger partial charge in [-0.25, -0.2) is 15.0 Å². The summed E-state index contributed by atoms with van der Waals surface area (Å²) in [5.41, 5.74) is 1.93. The van der Waals surface area contributed by atoms with Crippen LogP contribution in [0.2, 0.25) is 0 Å². The highest BCUT2D eigenvalue weighted by Gasteiger charge is 2.18. The van der Waals surface area contributed by atoms with Gasteiger partial charge in [0.05, 0.1) is 18.3 Å². The Labute approximate surface area is 165 Å². The SMILES string of the molecule is COCC(C)(C)CNc1nccc(Nc2cc3c(cn2)nc(C)n3C(C)C)n1. The molecule has 8 heteroatoms. The zero-order valence-corrected chi connectivity index (χ0v) is 17.4. The number of hydrogen-bond donors (Lipinski definition) is 2. The van der Waals surface area contributed by atoms with Crippen molar-refractivity contribution in [1.82, 2.24) is 24.5 Å². The van der Waals surface area contributed by atoms with E-state index in [1.54, 1.807) is 19.5 Å². The van der Waals surface area contributed by atoms with Crippen LogP contribution in [0.5, 0.6) is 0 Å². The first-order chi connectivity index (χ1) is 13.3. The fraction of sp³-hybridized carbons (Fsp3) is 0.500. The minimum atomic E-state index is -0.0127. The summed E-state index contributed by atoms with van der Waals surface area (Å²) in [6.45, 7) is 11.9. The molecule has 0 saturated carbocycles. The molecule has 0 saturated heterocycles. The van der Waals surface area contributed by atoms with Crippen LogP contribution in [0, 0.1) is 12.3 Å². The van der Waals surface area contributed by atoms with E-state index in [1.165, 1.54) is 0 Å². The number of nitrogens with zero attached hydrogens (tertiary/aromatic N) is 5. The van der Waals surface area contributed by atoms with Crippen LogP contribution in [-0.4, -0.2) is 44.8 Å². The molecule has 0 amide bonds. The summed E-state index contributed by atoms with van der Waals surface area (Å²) >= 11 is 0. The van der Waals surface area contributed by atoms with Gasteiger partial charge in [-0.15, -0.1) is 0 Å². The van der Waals surface area contributed by atoms with Crippen LogP contribution in [0.25, 0.3) is 11.0 Å². The van der Waals surface area contributed by atoms with E-state index in [0.29, 0.717) is 31.0 Å². The molecule has 0 aliphatic rings. The fourth-order valence-electron chi connectivity index (χ4n) is 3.24. The lowest BCUT2D eigenvalue weighted by Gasteiger charge is -2.23. The maximum atomic E-state index is 5.25. The van der Waals surface area contributed by atoms with E-state index in [9.17, 15) is 0 Å². The predicted molar refractivity (Wildman–Crippen MR) is 112 cm³/mol. The summed E-state index contributed by atoms with van der Waals surface area (Å²) in [4.78, 5) is 17.9. The second-order valence-electron chi connectivity index (χ2n) is 8.02. The van der Waals surface area contributed by atoms with Crippen molar-refractivity contribution in [3.8, 4) is 0 Å². The number of hydrogen-bond acceptors (Lipinski definition) is 7. The molecule has 3 rings (SSSR count). The van der Waals surface area contributed by atoms with Gasteiger partial charge in [-0.2, -0.15) is 4.98 Å². The molecule has 3 aromatic heterocycles. The highest BCUT2D eigenvalue weighted by atomic mass is 16.5. The molecule has 8 nitrogen and oxygen atoms in total. The van der Waals surface area contributed by atoms with Crippen molar-refractivity contribution in [1.29, 1.82) is 0 Å². The number of pyridine rings is 1. The number of ether oxygens (including phenoxy) is 1. The third-order valence-electron chi connectivity index (χ3n) is 4.44. The van der Waals surface area contributed by atoms with E-state index in [2.05, 4.69) is 62.8 Å². The Hall–Kier alpha value is -2.74. The lowest BCUT2D eigenvalue weighted by Crippen LogP contribution is -2.28. The number of aromatic nitrogens is 5. The Morgan fingerprint density at radius 3 is 2.68 bits per heavy atom. The highest BCUT2D eigenvalue weighted by molar-refractivity contribution is 5.79. The van der Waals surface area contributed by atoms with Crippen LogP contribution in [0.3, 0.4) is 0 Å². The molecule has 3 heterocycles. The van der Waals surface area contributed by atoms with Crippen LogP contribution in [0.1, 0.15) is 39.6 Å². The van der Waals surface area contributed by atoms with Gasteiger partial charge in [0.15, 0.2) is 0 Å². The molecular weight excluding hydrogens is 354 g/mol. The Kier molecular flexibility index (Phi) is 5.79. The first kappa shape index (κ1) is 20.0. The number of aryl methyl sites for hydroxylation is 1. The van der Waals surface area contributed by atoms with Crippen LogP contribution >= 0.6 is 0 Å². The normalized spacial score (nSPS) is 12.0. The molecular formula is C20H29N7O. The minimum Gasteiger partial charge on any atom is -0.384 e. The lowest BCUT2D eigenvalue weighted by molar-refractivity contribution is 0.112. The van der Waals surface area contributed by atoms with Gasteiger partial charge in [0.1, 0.15) is 23.0 Å². The van der Waals surface area contributed by atoms with Gasteiger partial charge in [0.25, 0.3) is 0 Å². The second kappa shape index (κ2) is 8.10. The van der Waals surface area contributed by atoms with E-state index in [1.807, 2.05) is 19.1 Å². The lowest BCUT2D eigenvalue weighted by atomic mass is 9.95. The smallest absolute Gasteiger partial charge is 0.224 e. The number of methoxy groups -OCH3 is 1. The third-order valence-corrected chi connectivity index (χ3v) is 4.44. The van der Waals surface area contributed by atoms with Crippen molar-refractivity contribution in [2.24, 2.45) is 5.41 Å². The first-order valence-electron chi connectivity index (χ1n) is 9.46. The summed E-state index contributed by atoms with van der Waals surface area (Å²) in [7, 11) is 1.71. The summed E-state index contributed by atoms with van der Waals surface area (Å²) in [5, 5.41) is 6.54. The minimum absolute atomic E-state index is 0.0127. The molecule has 0 aromatic carbocycles. The average molecular weight is 384 g/mol. The molecule has 150 valence electrons. The molecule has 0 radical (unpaired) electrons. The zero-order chi connectivity index (χ0) is 20.3. The van der Waals surface area contributed by atoms with E-state index >= 15 is 0 Å². The van der Waals surface area contributed by atoms with Gasteiger partial charge in [-0.3, -0.25) is 0 Å². The fourth-order valence-corrected chi connectivity index (χ4v) is 3.24. The van der Waals surface area contributed by atoms with Gasteiger partial charge in [0.2, 0.25) is 5.95 Å². The number of fused-ring (bicyclic) bond motifs is 1. The van der Waals surface area contributed by atoms with E-state index in [4.69, 9.17) is 4.74 Å². The topological polar surface area (TPSA) is 89.8 Å². The predicted octanol–water partition coefficient (Wildman–Crippen LogP) is 3.94. The average Bonchev–Trinajstić information content (AvgIpc) is 2.96. The zero-order valence-electron chi connectivity index (χ0n) is 17.4. The Bertz CT molecular complexity index is 949. The molecule has 0 fully saturated rings. The van der Waals surface area contributed by atoms with Gasteiger partial charge in [0, 0.05) is 37.4 Å². The van der Waals surface area contributed by atoms with Crippen molar-refractivity contribution >= 4 is 28.6 Å². The number of anilines is 3.